The SMILES string of the molecule is CC(C)c1nc2n(n1)CC(NCc1cc(=O)n3ccccc3n1)CC2. The van der Waals surface area contributed by atoms with Crippen molar-refractivity contribution in [1.82, 2.24) is 29.5 Å². The molecule has 3 aromatic rings. The Kier molecular flexibility index (Phi) is 4.09. The number of rotatable bonds is 4. The number of pyridine rings is 1. The molecule has 4 rings (SSSR count). The van der Waals surface area contributed by atoms with Gasteiger partial charge in [0.2, 0.25) is 0 Å². The van der Waals surface area contributed by atoms with Crippen LogP contribution < -0.4 is 10.9 Å². The van der Waals surface area contributed by atoms with E-state index in [4.69, 9.17) is 0 Å². The number of hydrogen-bond donors (Lipinski definition) is 1. The molecule has 0 bridgehead atoms. The molecule has 7 nitrogen and oxygen atoms in total. The standard InChI is InChI=1S/C18H22N6O/c1-12(2)18-21-16-7-6-13(11-24(16)22-18)19-10-14-9-17(25)23-8-4-3-5-15(23)20-14/h3-5,8-9,12-13,19H,6-7,10-11H2,1-2H3. The molecule has 0 aromatic carbocycles. The molecule has 0 radical (unpaired) electrons. The molecule has 1 aliphatic heterocycles. The highest BCUT2D eigenvalue weighted by atomic mass is 16.1. The highest BCUT2D eigenvalue weighted by Gasteiger charge is 2.22. The van der Waals surface area contributed by atoms with Gasteiger partial charge in [0, 0.05) is 37.2 Å². The van der Waals surface area contributed by atoms with Gasteiger partial charge in [-0.05, 0) is 18.6 Å². The predicted octanol–water partition coefficient (Wildman–Crippen LogP) is 1.51. The normalized spacial score (nSPS) is 17.2. The maximum Gasteiger partial charge on any atom is 0.258 e. The summed E-state index contributed by atoms with van der Waals surface area (Å²) in [5, 5.41) is 8.12. The Balaban J connectivity index is 1.46. The van der Waals surface area contributed by atoms with Crippen molar-refractivity contribution in [3.05, 3.63) is 58.2 Å². The summed E-state index contributed by atoms with van der Waals surface area (Å²) in [6, 6.07) is 7.47. The number of hydrogen-bond acceptors (Lipinski definition) is 5. The molecular weight excluding hydrogens is 316 g/mol. The Morgan fingerprint density at radius 2 is 2.20 bits per heavy atom. The van der Waals surface area contributed by atoms with E-state index in [0.717, 1.165) is 36.7 Å². The molecule has 130 valence electrons. The fraction of sp³-hybridized carbons (Fsp3) is 0.444. The fourth-order valence-electron chi connectivity index (χ4n) is 3.18. The molecule has 0 saturated heterocycles. The second kappa shape index (κ2) is 6.40. The summed E-state index contributed by atoms with van der Waals surface area (Å²) in [5.41, 5.74) is 1.39. The van der Waals surface area contributed by atoms with Gasteiger partial charge in [-0.1, -0.05) is 19.9 Å². The van der Waals surface area contributed by atoms with Crippen LogP contribution in [-0.2, 0) is 19.5 Å². The first-order valence-corrected chi connectivity index (χ1v) is 8.74. The van der Waals surface area contributed by atoms with E-state index in [-0.39, 0.29) is 5.56 Å². The van der Waals surface area contributed by atoms with Gasteiger partial charge in [-0.3, -0.25) is 9.20 Å². The summed E-state index contributed by atoms with van der Waals surface area (Å²) >= 11 is 0. The third-order valence-electron chi connectivity index (χ3n) is 4.59. The van der Waals surface area contributed by atoms with Crippen LogP contribution in [0.15, 0.2) is 35.3 Å². The largest absolute Gasteiger partial charge is 0.307 e. The molecule has 0 amide bonds. The number of nitrogens with one attached hydrogen (secondary N) is 1. The molecule has 3 aromatic heterocycles. The van der Waals surface area contributed by atoms with Crippen LogP contribution in [0, 0.1) is 0 Å². The van der Waals surface area contributed by atoms with Crippen molar-refractivity contribution < 1.29 is 0 Å². The van der Waals surface area contributed by atoms with Crippen LogP contribution >= 0.6 is 0 Å². The molecule has 0 fully saturated rings. The van der Waals surface area contributed by atoms with Crippen LogP contribution in [0.1, 0.15) is 43.5 Å². The summed E-state index contributed by atoms with van der Waals surface area (Å²) in [6.45, 7) is 5.61. The Hall–Kier alpha value is -2.54. The molecule has 25 heavy (non-hydrogen) atoms. The zero-order valence-corrected chi connectivity index (χ0v) is 14.5. The lowest BCUT2D eigenvalue weighted by Gasteiger charge is -2.23. The van der Waals surface area contributed by atoms with Crippen LogP contribution in [0.5, 0.6) is 0 Å². The first-order valence-electron chi connectivity index (χ1n) is 8.74. The Morgan fingerprint density at radius 1 is 1.32 bits per heavy atom. The van der Waals surface area contributed by atoms with Gasteiger partial charge in [0.05, 0.1) is 12.2 Å². The van der Waals surface area contributed by atoms with E-state index in [1.165, 1.54) is 0 Å². The van der Waals surface area contributed by atoms with E-state index in [9.17, 15) is 4.79 Å². The molecule has 1 unspecified atom stereocenters. The number of aromatic nitrogens is 5. The van der Waals surface area contributed by atoms with E-state index in [1.807, 2.05) is 22.9 Å². The van der Waals surface area contributed by atoms with Crippen molar-refractivity contribution >= 4 is 5.65 Å². The maximum atomic E-state index is 12.2. The quantitative estimate of drug-likeness (QED) is 0.780. The van der Waals surface area contributed by atoms with Gasteiger partial charge in [-0.15, -0.1) is 0 Å². The third kappa shape index (κ3) is 3.19. The van der Waals surface area contributed by atoms with E-state index < -0.39 is 0 Å². The van der Waals surface area contributed by atoms with Gasteiger partial charge in [0.1, 0.15) is 11.5 Å². The van der Waals surface area contributed by atoms with E-state index in [2.05, 4.69) is 34.2 Å². The Labute approximate surface area is 145 Å². The van der Waals surface area contributed by atoms with Crippen LogP contribution in [0.25, 0.3) is 5.65 Å². The zero-order valence-electron chi connectivity index (χ0n) is 14.5. The number of aryl methyl sites for hydroxylation is 1. The first-order chi connectivity index (χ1) is 12.1. The lowest BCUT2D eigenvalue weighted by Crippen LogP contribution is -2.37. The van der Waals surface area contributed by atoms with Gasteiger partial charge in [0.25, 0.3) is 5.56 Å². The molecule has 0 aliphatic carbocycles. The first kappa shape index (κ1) is 16.0. The van der Waals surface area contributed by atoms with Crippen LogP contribution in [-0.4, -0.2) is 30.2 Å². The van der Waals surface area contributed by atoms with Crippen molar-refractivity contribution in [1.29, 1.82) is 0 Å². The second-order valence-corrected chi connectivity index (χ2v) is 6.85. The van der Waals surface area contributed by atoms with Crippen LogP contribution in [0.3, 0.4) is 0 Å². The van der Waals surface area contributed by atoms with Gasteiger partial charge >= 0.3 is 0 Å². The molecule has 4 heterocycles. The second-order valence-electron chi connectivity index (χ2n) is 6.85. The minimum absolute atomic E-state index is 0.0498. The minimum Gasteiger partial charge on any atom is -0.307 e. The summed E-state index contributed by atoms with van der Waals surface area (Å²) in [4.78, 5) is 21.3. The smallest absolute Gasteiger partial charge is 0.258 e. The van der Waals surface area contributed by atoms with Gasteiger partial charge < -0.3 is 5.32 Å². The third-order valence-corrected chi connectivity index (χ3v) is 4.59. The molecule has 1 atom stereocenters. The monoisotopic (exact) mass is 338 g/mol. The van der Waals surface area contributed by atoms with E-state index >= 15 is 0 Å². The molecule has 0 spiro atoms. The van der Waals surface area contributed by atoms with Crippen molar-refractivity contribution in [3.63, 3.8) is 0 Å². The average Bonchev–Trinajstić information content (AvgIpc) is 3.04. The summed E-state index contributed by atoms with van der Waals surface area (Å²) in [7, 11) is 0. The highest BCUT2D eigenvalue weighted by molar-refractivity contribution is 5.37. The van der Waals surface area contributed by atoms with E-state index in [0.29, 0.717) is 24.2 Å². The Morgan fingerprint density at radius 3 is 3.04 bits per heavy atom. The highest BCUT2D eigenvalue weighted by Crippen LogP contribution is 2.17. The van der Waals surface area contributed by atoms with Gasteiger partial charge in [-0.25, -0.2) is 14.6 Å². The molecule has 1 N–H and O–H groups in total. The lowest BCUT2D eigenvalue weighted by molar-refractivity contribution is 0.356. The summed E-state index contributed by atoms with van der Waals surface area (Å²) in [5.74, 6) is 2.34. The zero-order chi connectivity index (χ0) is 17.4. The van der Waals surface area contributed by atoms with Crippen LogP contribution in [0.2, 0.25) is 0 Å². The van der Waals surface area contributed by atoms with Crippen molar-refractivity contribution in [3.8, 4) is 0 Å². The summed E-state index contributed by atoms with van der Waals surface area (Å²) < 4.78 is 3.57. The molecular formula is C18H22N6O. The lowest BCUT2D eigenvalue weighted by atomic mass is 10.1. The van der Waals surface area contributed by atoms with Crippen LogP contribution in [0.4, 0.5) is 0 Å². The van der Waals surface area contributed by atoms with E-state index in [1.54, 1.807) is 16.7 Å². The van der Waals surface area contributed by atoms with Crippen molar-refractivity contribution in [2.24, 2.45) is 0 Å². The van der Waals surface area contributed by atoms with Gasteiger partial charge in [-0.2, -0.15) is 5.10 Å². The minimum atomic E-state index is -0.0498. The number of nitrogens with zero attached hydrogens (tertiary/aromatic N) is 5. The molecule has 1 aliphatic rings. The molecule has 0 saturated carbocycles. The van der Waals surface area contributed by atoms with Crippen molar-refractivity contribution in [2.45, 2.75) is 51.7 Å². The maximum absolute atomic E-state index is 12.2. The number of fused-ring (bicyclic) bond motifs is 2. The van der Waals surface area contributed by atoms with Crippen molar-refractivity contribution in [2.75, 3.05) is 0 Å². The van der Waals surface area contributed by atoms with Gasteiger partial charge in [0.15, 0.2) is 5.82 Å². The average molecular weight is 338 g/mol. The fourth-order valence-corrected chi connectivity index (χ4v) is 3.18. The molecule has 7 heteroatoms. The topological polar surface area (TPSA) is 77.1 Å². The Bertz CT molecular complexity index is 958. The predicted molar refractivity (Wildman–Crippen MR) is 94.5 cm³/mol. The summed E-state index contributed by atoms with van der Waals surface area (Å²) in [6.07, 6.45) is 3.68.